The van der Waals surface area contributed by atoms with Gasteiger partial charge in [-0.2, -0.15) is 0 Å². The van der Waals surface area contributed by atoms with E-state index in [1.807, 2.05) is 37.3 Å². The number of nitrogens with one attached hydrogen (secondary N) is 1. The van der Waals surface area contributed by atoms with Crippen molar-refractivity contribution >= 4 is 5.91 Å². The van der Waals surface area contributed by atoms with Gasteiger partial charge < -0.3 is 15.2 Å². The van der Waals surface area contributed by atoms with E-state index in [0.717, 1.165) is 38.0 Å². The van der Waals surface area contributed by atoms with Gasteiger partial charge in [0, 0.05) is 19.8 Å². The van der Waals surface area contributed by atoms with Crippen LogP contribution in [0.1, 0.15) is 44.1 Å². The fraction of sp³-hybridized carbons (Fsp3) is 0.611. The first-order valence-corrected chi connectivity index (χ1v) is 8.30. The normalized spacial score (nSPS) is 18.6. The maximum absolute atomic E-state index is 12.3. The number of carbonyl (C=O) groups is 1. The Hall–Kier alpha value is -1.39. The van der Waals surface area contributed by atoms with E-state index < -0.39 is 0 Å². The number of amides is 1. The van der Waals surface area contributed by atoms with Crippen LogP contribution in [0.25, 0.3) is 0 Å². The molecule has 22 heavy (non-hydrogen) atoms. The minimum Gasteiger partial charge on any atom is -0.393 e. The van der Waals surface area contributed by atoms with Gasteiger partial charge >= 0.3 is 0 Å². The third-order valence-corrected chi connectivity index (χ3v) is 4.48. The van der Waals surface area contributed by atoms with E-state index in [1.165, 1.54) is 0 Å². The molecule has 0 bridgehead atoms. The Morgan fingerprint density at radius 3 is 2.64 bits per heavy atom. The Balaban J connectivity index is 1.76. The van der Waals surface area contributed by atoms with Gasteiger partial charge in [0.15, 0.2) is 0 Å². The minimum absolute atomic E-state index is 0.0490. The van der Waals surface area contributed by atoms with E-state index >= 15 is 0 Å². The van der Waals surface area contributed by atoms with Gasteiger partial charge in [-0.25, -0.2) is 0 Å². The summed E-state index contributed by atoms with van der Waals surface area (Å²) < 4.78 is 5.31. The molecule has 1 aliphatic rings. The zero-order chi connectivity index (χ0) is 15.8. The molecule has 2 rings (SSSR count). The van der Waals surface area contributed by atoms with Gasteiger partial charge in [0.25, 0.3) is 0 Å². The maximum Gasteiger partial charge on any atom is 0.227 e. The van der Waals surface area contributed by atoms with Crippen LogP contribution < -0.4 is 5.32 Å². The third kappa shape index (κ3) is 4.82. The molecule has 0 spiro atoms. The van der Waals surface area contributed by atoms with E-state index in [0.29, 0.717) is 18.9 Å². The van der Waals surface area contributed by atoms with Gasteiger partial charge in [0.1, 0.15) is 0 Å². The van der Waals surface area contributed by atoms with Crippen LogP contribution in [-0.2, 0) is 9.53 Å². The van der Waals surface area contributed by atoms with Gasteiger partial charge in [-0.1, -0.05) is 37.3 Å². The highest BCUT2D eigenvalue weighted by Gasteiger charge is 2.23. The van der Waals surface area contributed by atoms with Gasteiger partial charge in [0.2, 0.25) is 5.91 Å². The molecule has 122 valence electrons. The van der Waals surface area contributed by atoms with E-state index in [2.05, 4.69) is 5.32 Å². The predicted molar refractivity (Wildman–Crippen MR) is 86.7 cm³/mol. The Kier molecular flexibility index (Phi) is 6.87. The maximum atomic E-state index is 12.3. The number of aliphatic hydroxyl groups excluding tert-OH is 1. The first-order chi connectivity index (χ1) is 10.7. The molecule has 1 aliphatic heterocycles. The first-order valence-electron chi connectivity index (χ1n) is 8.30. The Bertz CT molecular complexity index is 443. The molecule has 0 aromatic heterocycles. The summed E-state index contributed by atoms with van der Waals surface area (Å²) in [5.41, 5.74) is 1.05. The van der Waals surface area contributed by atoms with Crippen molar-refractivity contribution in [3.63, 3.8) is 0 Å². The molecule has 0 aliphatic carbocycles. The molecule has 0 saturated carbocycles. The second kappa shape index (κ2) is 8.91. The zero-order valence-electron chi connectivity index (χ0n) is 13.3. The summed E-state index contributed by atoms with van der Waals surface area (Å²) >= 11 is 0. The lowest BCUT2D eigenvalue weighted by molar-refractivity contribution is -0.122. The third-order valence-electron chi connectivity index (χ3n) is 4.48. The van der Waals surface area contributed by atoms with Gasteiger partial charge in [-0.3, -0.25) is 4.79 Å². The minimum atomic E-state index is -0.346. The number of aliphatic hydroxyl groups is 1. The van der Waals surface area contributed by atoms with Gasteiger partial charge in [-0.15, -0.1) is 0 Å². The predicted octanol–water partition coefficient (Wildman–Crippen LogP) is 2.47. The summed E-state index contributed by atoms with van der Waals surface area (Å²) in [6.07, 6.45) is 2.87. The summed E-state index contributed by atoms with van der Waals surface area (Å²) in [6.45, 7) is 4.02. The Morgan fingerprint density at radius 2 is 2.00 bits per heavy atom. The van der Waals surface area contributed by atoms with Crippen molar-refractivity contribution < 1.29 is 14.6 Å². The second-order valence-electron chi connectivity index (χ2n) is 5.97. The molecular formula is C18H27NO3. The molecule has 1 amide bonds. The molecule has 2 atom stereocenters. The van der Waals surface area contributed by atoms with Crippen LogP contribution in [0.5, 0.6) is 0 Å². The highest BCUT2D eigenvalue weighted by molar-refractivity contribution is 5.83. The van der Waals surface area contributed by atoms with Crippen LogP contribution in [0.15, 0.2) is 30.3 Å². The molecule has 1 aromatic rings. The average Bonchev–Trinajstić information content (AvgIpc) is 2.57. The van der Waals surface area contributed by atoms with Crippen molar-refractivity contribution in [3.05, 3.63) is 35.9 Å². The first kappa shape index (κ1) is 17.0. The summed E-state index contributed by atoms with van der Waals surface area (Å²) in [6, 6.07) is 9.86. The SMILES string of the molecule is CC[C@@H](C(=O)NCC[C@@H](O)C1CCOCC1)c1ccccc1. The fourth-order valence-corrected chi connectivity index (χ4v) is 3.06. The monoisotopic (exact) mass is 305 g/mol. The number of hydrogen-bond acceptors (Lipinski definition) is 3. The topological polar surface area (TPSA) is 58.6 Å². The molecule has 1 heterocycles. The highest BCUT2D eigenvalue weighted by Crippen LogP contribution is 2.21. The van der Waals surface area contributed by atoms with E-state index in [4.69, 9.17) is 4.74 Å². The molecule has 4 heteroatoms. The van der Waals surface area contributed by atoms with Gasteiger partial charge in [-0.05, 0) is 37.2 Å². The molecule has 1 aromatic carbocycles. The number of hydrogen-bond donors (Lipinski definition) is 2. The average molecular weight is 305 g/mol. The van der Waals surface area contributed by atoms with Crippen molar-refractivity contribution in [2.24, 2.45) is 5.92 Å². The zero-order valence-corrected chi connectivity index (χ0v) is 13.3. The quantitative estimate of drug-likeness (QED) is 0.813. The van der Waals surface area contributed by atoms with Crippen LogP contribution in [0.4, 0.5) is 0 Å². The van der Waals surface area contributed by atoms with Crippen molar-refractivity contribution in [1.29, 1.82) is 0 Å². The summed E-state index contributed by atoms with van der Waals surface area (Å²) in [7, 11) is 0. The second-order valence-corrected chi connectivity index (χ2v) is 5.97. The molecule has 0 unspecified atom stereocenters. The van der Waals surface area contributed by atoms with E-state index in [-0.39, 0.29) is 17.9 Å². The van der Waals surface area contributed by atoms with Crippen LogP contribution >= 0.6 is 0 Å². The van der Waals surface area contributed by atoms with Crippen LogP contribution in [0.3, 0.4) is 0 Å². The molecule has 1 fully saturated rings. The number of ether oxygens (including phenoxy) is 1. The number of carbonyl (C=O) groups excluding carboxylic acids is 1. The van der Waals surface area contributed by atoms with Crippen LogP contribution in [0.2, 0.25) is 0 Å². The Morgan fingerprint density at radius 1 is 1.32 bits per heavy atom. The standard InChI is InChI=1S/C18H27NO3/c1-2-16(14-6-4-3-5-7-14)18(21)19-11-8-17(20)15-9-12-22-13-10-15/h3-7,15-17,20H,2,8-13H2,1H3,(H,19,21)/t16-,17-/m1/s1. The smallest absolute Gasteiger partial charge is 0.227 e. The van der Waals surface area contributed by atoms with Crippen molar-refractivity contribution in [1.82, 2.24) is 5.32 Å². The molecule has 2 N–H and O–H groups in total. The largest absolute Gasteiger partial charge is 0.393 e. The summed E-state index contributed by atoms with van der Waals surface area (Å²) in [4.78, 5) is 12.3. The van der Waals surface area contributed by atoms with Crippen LogP contribution in [0, 0.1) is 5.92 Å². The van der Waals surface area contributed by atoms with E-state index in [9.17, 15) is 9.90 Å². The van der Waals surface area contributed by atoms with Crippen molar-refractivity contribution in [2.75, 3.05) is 19.8 Å². The van der Waals surface area contributed by atoms with Crippen molar-refractivity contribution in [2.45, 2.75) is 44.6 Å². The molecule has 0 radical (unpaired) electrons. The lowest BCUT2D eigenvalue weighted by atomic mass is 9.92. The Labute approximate surface area is 132 Å². The molecule has 1 saturated heterocycles. The lowest BCUT2D eigenvalue weighted by Crippen LogP contribution is -2.34. The van der Waals surface area contributed by atoms with Crippen molar-refractivity contribution in [3.8, 4) is 0 Å². The lowest BCUT2D eigenvalue weighted by Gasteiger charge is -2.27. The number of benzene rings is 1. The highest BCUT2D eigenvalue weighted by atomic mass is 16.5. The van der Waals surface area contributed by atoms with Gasteiger partial charge in [0.05, 0.1) is 12.0 Å². The molecule has 4 nitrogen and oxygen atoms in total. The van der Waals surface area contributed by atoms with Crippen LogP contribution in [-0.4, -0.2) is 36.9 Å². The fourth-order valence-electron chi connectivity index (χ4n) is 3.06. The molecular weight excluding hydrogens is 278 g/mol. The number of rotatable bonds is 7. The summed E-state index contributed by atoms with van der Waals surface area (Å²) in [5, 5.41) is 13.2. The van der Waals surface area contributed by atoms with E-state index in [1.54, 1.807) is 0 Å². The summed E-state index contributed by atoms with van der Waals surface area (Å²) in [5.74, 6) is 0.246.